The zero-order valence-corrected chi connectivity index (χ0v) is 14.9. The quantitative estimate of drug-likeness (QED) is 0.776. The van der Waals surface area contributed by atoms with Crippen molar-refractivity contribution in [2.24, 2.45) is 0 Å². The number of hydrogen-bond acceptors (Lipinski definition) is 3. The second-order valence-corrected chi connectivity index (χ2v) is 6.16. The van der Waals surface area contributed by atoms with E-state index in [0.717, 1.165) is 28.8 Å². The molecule has 0 aromatic heterocycles. The molecule has 0 aliphatic heterocycles. The third kappa shape index (κ3) is 6.06. The van der Waals surface area contributed by atoms with E-state index in [0.29, 0.717) is 13.0 Å². The first-order valence-electron chi connectivity index (χ1n) is 7.31. The monoisotopic (exact) mass is 356 g/mol. The Morgan fingerprint density at radius 3 is 2.76 bits per heavy atom. The SMILES string of the molecule is CCCNC(C)c1ccc(Br)cc1OCCC(=O)N(C)C. The molecule has 0 radical (unpaired) electrons. The number of carbonyl (C=O) groups is 1. The molecule has 0 aliphatic carbocycles. The van der Waals surface area contributed by atoms with Crippen LogP contribution in [0.2, 0.25) is 0 Å². The first kappa shape index (κ1) is 18.0. The van der Waals surface area contributed by atoms with E-state index in [9.17, 15) is 4.79 Å². The fraction of sp³-hybridized carbons (Fsp3) is 0.562. The normalized spacial score (nSPS) is 12.0. The maximum Gasteiger partial charge on any atom is 0.225 e. The van der Waals surface area contributed by atoms with E-state index in [1.807, 2.05) is 12.1 Å². The predicted octanol–water partition coefficient (Wildman–Crippen LogP) is 3.37. The highest BCUT2D eigenvalue weighted by Gasteiger charge is 2.12. The van der Waals surface area contributed by atoms with Crippen molar-refractivity contribution in [1.29, 1.82) is 0 Å². The van der Waals surface area contributed by atoms with Crippen LogP contribution in [0.4, 0.5) is 0 Å². The van der Waals surface area contributed by atoms with Gasteiger partial charge in [-0.25, -0.2) is 0 Å². The minimum absolute atomic E-state index is 0.0729. The summed E-state index contributed by atoms with van der Waals surface area (Å²) < 4.78 is 6.80. The molecule has 0 saturated carbocycles. The molecule has 118 valence electrons. The summed E-state index contributed by atoms with van der Waals surface area (Å²) in [5.74, 6) is 0.899. The van der Waals surface area contributed by atoms with Gasteiger partial charge < -0.3 is 15.0 Å². The molecule has 1 rings (SSSR count). The number of carbonyl (C=O) groups excluding carboxylic acids is 1. The van der Waals surface area contributed by atoms with Gasteiger partial charge in [0.25, 0.3) is 0 Å². The average molecular weight is 357 g/mol. The topological polar surface area (TPSA) is 41.6 Å². The Labute approximate surface area is 136 Å². The van der Waals surface area contributed by atoms with Gasteiger partial charge in [0.1, 0.15) is 5.75 Å². The Kier molecular flexibility index (Phi) is 7.75. The van der Waals surface area contributed by atoms with E-state index in [1.165, 1.54) is 0 Å². The van der Waals surface area contributed by atoms with Gasteiger partial charge in [0.05, 0.1) is 13.0 Å². The maximum absolute atomic E-state index is 11.6. The van der Waals surface area contributed by atoms with Crippen molar-refractivity contribution in [3.8, 4) is 5.75 Å². The van der Waals surface area contributed by atoms with E-state index in [4.69, 9.17) is 4.74 Å². The van der Waals surface area contributed by atoms with Crippen LogP contribution in [0.15, 0.2) is 22.7 Å². The largest absolute Gasteiger partial charge is 0.493 e. The summed E-state index contributed by atoms with van der Waals surface area (Å²) in [6, 6.07) is 6.25. The summed E-state index contributed by atoms with van der Waals surface area (Å²) in [5.41, 5.74) is 1.11. The van der Waals surface area contributed by atoms with Crippen LogP contribution < -0.4 is 10.1 Å². The van der Waals surface area contributed by atoms with Gasteiger partial charge >= 0.3 is 0 Å². The Morgan fingerprint density at radius 1 is 1.43 bits per heavy atom. The van der Waals surface area contributed by atoms with Crippen molar-refractivity contribution in [2.75, 3.05) is 27.2 Å². The molecule has 0 fully saturated rings. The summed E-state index contributed by atoms with van der Waals surface area (Å²) in [4.78, 5) is 13.2. The molecule has 1 aromatic carbocycles. The fourth-order valence-corrected chi connectivity index (χ4v) is 2.27. The lowest BCUT2D eigenvalue weighted by Gasteiger charge is -2.19. The highest BCUT2D eigenvalue weighted by Crippen LogP contribution is 2.28. The Hall–Kier alpha value is -1.07. The lowest BCUT2D eigenvalue weighted by atomic mass is 10.1. The highest BCUT2D eigenvalue weighted by molar-refractivity contribution is 9.10. The third-order valence-corrected chi connectivity index (χ3v) is 3.71. The van der Waals surface area contributed by atoms with Gasteiger partial charge in [-0.2, -0.15) is 0 Å². The smallest absolute Gasteiger partial charge is 0.225 e. The van der Waals surface area contributed by atoms with Crippen molar-refractivity contribution in [3.63, 3.8) is 0 Å². The van der Waals surface area contributed by atoms with Crippen LogP contribution in [0.3, 0.4) is 0 Å². The van der Waals surface area contributed by atoms with Gasteiger partial charge in [-0.3, -0.25) is 4.79 Å². The summed E-state index contributed by atoms with van der Waals surface area (Å²) in [5, 5.41) is 3.46. The van der Waals surface area contributed by atoms with Crippen LogP contribution in [0.5, 0.6) is 5.75 Å². The average Bonchev–Trinajstić information content (AvgIpc) is 2.44. The van der Waals surface area contributed by atoms with Crippen LogP contribution in [0.1, 0.15) is 38.3 Å². The minimum atomic E-state index is 0.0729. The number of amides is 1. The lowest BCUT2D eigenvalue weighted by Crippen LogP contribution is -2.24. The Morgan fingerprint density at radius 2 is 2.14 bits per heavy atom. The number of hydrogen-bond donors (Lipinski definition) is 1. The number of rotatable bonds is 8. The molecular weight excluding hydrogens is 332 g/mol. The van der Waals surface area contributed by atoms with Crippen molar-refractivity contribution in [3.05, 3.63) is 28.2 Å². The molecule has 4 nitrogen and oxygen atoms in total. The summed E-state index contributed by atoms with van der Waals surface area (Å²) in [6.45, 7) is 5.62. The second kappa shape index (κ2) is 9.05. The van der Waals surface area contributed by atoms with E-state index in [1.54, 1.807) is 19.0 Å². The minimum Gasteiger partial charge on any atom is -0.493 e. The van der Waals surface area contributed by atoms with Gasteiger partial charge in [-0.15, -0.1) is 0 Å². The zero-order chi connectivity index (χ0) is 15.8. The molecule has 0 saturated heterocycles. The summed E-state index contributed by atoms with van der Waals surface area (Å²) in [6.07, 6.45) is 1.48. The number of halogens is 1. The van der Waals surface area contributed by atoms with Crippen molar-refractivity contribution in [2.45, 2.75) is 32.7 Å². The van der Waals surface area contributed by atoms with Crippen molar-refractivity contribution >= 4 is 21.8 Å². The standard InChI is InChI=1S/C16H25BrN2O2/c1-5-9-18-12(2)14-7-6-13(17)11-15(14)21-10-8-16(20)19(3)4/h6-7,11-12,18H,5,8-10H2,1-4H3. The molecule has 5 heteroatoms. The summed E-state index contributed by atoms with van der Waals surface area (Å²) in [7, 11) is 3.51. The molecule has 1 atom stereocenters. The second-order valence-electron chi connectivity index (χ2n) is 5.24. The molecule has 0 aliphatic rings. The number of nitrogens with zero attached hydrogens (tertiary/aromatic N) is 1. The van der Waals surface area contributed by atoms with Crippen molar-refractivity contribution < 1.29 is 9.53 Å². The van der Waals surface area contributed by atoms with Gasteiger partial charge in [-0.05, 0) is 32.0 Å². The van der Waals surface area contributed by atoms with Crippen LogP contribution in [0, 0.1) is 0 Å². The molecular formula is C16H25BrN2O2. The van der Waals surface area contributed by atoms with Crippen LogP contribution in [-0.4, -0.2) is 38.1 Å². The van der Waals surface area contributed by atoms with Crippen molar-refractivity contribution in [1.82, 2.24) is 10.2 Å². The molecule has 1 amide bonds. The van der Waals surface area contributed by atoms with E-state index >= 15 is 0 Å². The molecule has 0 bridgehead atoms. The molecule has 0 heterocycles. The van der Waals surface area contributed by atoms with Crippen LogP contribution in [0.25, 0.3) is 0 Å². The van der Waals surface area contributed by atoms with Gasteiger partial charge in [0.2, 0.25) is 5.91 Å². The predicted molar refractivity (Wildman–Crippen MR) is 89.7 cm³/mol. The van der Waals surface area contributed by atoms with E-state index < -0.39 is 0 Å². The van der Waals surface area contributed by atoms with E-state index in [-0.39, 0.29) is 11.9 Å². The highest BCUT2D eigenvalue weighted by atomic mass is 79.9. The fourth-order valence-electron chi connectivity index (χ4n) is 1.93. The number of benzene rings is 1. The third-order valence-electron chi connectivity index (χ3n) is 3.21. The molecule has 1 N–H and O–H groups in total. The maximum atomic E-state index is 11.6. The van der Waals surface area contributed by atoms with Crippen LogP contribution in [-0.2, 0) is 4.79 Å². The van der Waals surface area contributed by atoms with E-state index in [2.05, 4.69) is 41.2 Å². The van der Waals surface area contributed by atoms with Gasteiger partial charge in [0.15, 0.2) is 0 Å². The van der Waals surface area contributed by atoms with Gasteiger partial charge in [0, 0.05) is 30.2 Å². The Bertz CT molecular complexity index is 464. The summed E-state index contributed by atoms with van der Waals surface area (Å²) >= 11 is 3.47. The molecule has 0 spiro atoms. The van der Waals surface area contributed by atoms with Gasteiger partial charge in [-0.1, -0.05) is 28.9 Å². The number of ether oxygens (including phenoxy) is 1. The lowest BCUT2D eigenvalue weighted by molar-refractivity contribution is -0.129. The molecule has 1 aromatic rings. The first-order chi connectivity index (χ1) is 9.95. The number of nitrogens with one attached hydrogen (secondary N) is 1. The first-order valence-corrected chi connectivity index (χ1v) is 8.10. The van der Waals surface area contributed by atoms with Crippen LogP contribution >= 0.6 is 15.9 Å². The molecule has 1 unspecified atom stereocenters. The molecule has 21 heavy (non-hydrogen) atoms. The Balaban J connectivity index is 2.70. The zero-order valence-electron chi connectivity index (χ0n) is 13.3.